The van der Waals surface area contributed by atoms with Crippen molar-refractivity contribution < 1.29 is 18.3 Å². The first-order chi connectivity index (χ1) is 6.16. The summed E-state index contributed by atoms with van der Waals surface area (Å²) < 4.78 is 29.9. The third kappa shape index (κ3) is 1.37. The Morgan fingerprint density at radius 3 is 2.69 bits per heavy atom. The van der Waals surface area contributed by atoms with Gasteiger partial charge in [-0.05, 0) is 19.3 Å². The van der Waals surface area contributed by atoms with Crippen molar-refractivity contribution >= 4 is 6.29 Å². The van der Waals surface area contributed by atoms with E-state index in [0.717, 1.165) is 12.8 Å². The van der Waals surface area contributed by atoms with E-state index in [1.165, 1.54) is 0 Å². The number of ether oxygens (including phenoxy) is 1. The van der Waals surface area contributed by atoms with Gasteiger partial charge in [-0.1, -0.05) is 0 Å². The largest absolute Gasteiger partial charge is 0.374 e. The molecule has 2 bridgehead atoms. The Morgan fingerprint density at radius 2 is 2.31 bits per heavy atom. The second-order valence-electron chi connectivity index (χ2n) is 3.97. The lowest BCUT2D eigenvalue weighted by Crippen LogP contribution is -2.35. The van der Waals surface area contributed by atoms with E-state index in [1.54, 1.807) is 0 Å². The lowest BCUT2D eigenvalue weighted by atomic mass is 9.73. The standard InChI is InChI=1S/C9H12F2O2/c10-8(11)4-9(5-12)3-6-1-2-7(9)13-6/h5-8H,1-4H2. The third-order valence-electron chi connectivity index (χ3n) is 3.13. The second-order valence-corrected chi connectivity index (χ2v) is 3.97. The van der Waals surface area contributed by atoms with Gasteiger partial charge in [0, 0.05) is 6.42 Å². The number of halogens is 2. The number of rotatable bonds is 3. The van der Waals surface area contributed by atoms with Gasteiger partial charge < -0.3 is 9.53 Å². The molecule has 74 valence electrons. The van der Waals surface area contributed by atoms with Gasteiger partial charge in [-0.15, -0.1) is 0 Å². The van der Waals surface area contributed by atoms with Crippen molar-refractivity contribution in [1.82, 2.24) is 0 Å². The summed E-state index contributed by atoms with van der Waals surface area (Å²) in [4.78, 5) is 10.8. The Morgan fingerprint density at radius 1 is 1.54 bits per heavy atom. The van der Waals surface area contributed by atoms with Crippen molar-refractivity contribution in [3.05, 3.63) is 0 Å². The molecule has 0 radical (unpaired) electrons. The van der Waals surface area contributed by atoms with Crippen LogP contribution in [0.25, 0.3) is 0 Å². The normalized spacial score (nSPS) is 43.0. The average Bonchev–Trinajstić information content (AvgIpc) is 2.62. The molecule has 2 fully saturated rings. The zero-order valence-corrected chi connectivity index (χ0v) is 7.21. The molecule has 0 aromatic carbocycles. The molecule has 2 aliphatic heterocycles. The first kappa shape index (κ1) is 9.06. The van der Waals surface area contributed by atoms with Gasteiger partial charge in [0.15, 0.2) is 0 Å². The predicted octanol–water partition coefficient (Wildman–Crippen LogP) is 1.78. The molecular formula is C9H12F2O2. The van der Waals surface area contributed by atoms with Crippen molar-refractivity contribution in [1.29, 1.82) is 0 Å². The summed E-state index contributed by atoms with van der Waals surface area (Å²) in [6.07, 6.45) is -0.0858. The van der Waals surface area contributed by atoms with Crippen LogP contribution in [0.2, 0.25) is 0 Å². The lowest BCUT2D eigenvalue weighted by molar-refractivity contribution is -0.121. The van der Waals surface area contributed by atoms with Crippen LogP contribution in [0.1, 0.15) is 25.7 Å². The number of carbonyl (C=O) groups is 1. The Hall–Kier alpha value is -0.510. The summed E-state index contributed by atoms with van der Waals surface area (Å²) in [6.45, 7) is 0. The van der Waals surface area contributed by atoms with Gasteiger partial charge in [0.2, 0.25) is 6.43 Å². The predicted molar refractivity (Wildman–Crippen MR) is 41.6 cm³/mol. The quantitative estimate of drug-likeness (QED) is 0.634. The Kier molecular flexibility index (Phi) is 2.10. The van der Waals surface area contributed by atoms with Crippen molar-refractivity contribution in [2.45, 2.75) is 44.3 Å². The van der Waals surface area contributed by atoms with Crippen LogP contribution in [-0.4, -0.2) is 24.9 Å². The number of hydrogen-bond acceptors (Lipinski definition) is 2. The maximum absolute atomic E-state index is 12.2. The molecule has 0 aromatic rings. The van der Waals surface area contributed by atoms with Gasteiger partial charge in [-0.2, -0.15) is 0 Å². The minimum atomic E-state index is -2.41. The summed E-state index contributed by atoms with van der Waals surface area (Å²) in [7, 11) is 0. The molecule has 0 aliphatic carbocycles. The Bertz CT molecular complexity index is 220. The maximum atomic E-state index is 12.2. The molecule has 2 nitrogen and oxygen atoms in total. The molecule has 0 spiro atoms. The Labute approximate surface area is 75.3 Å². The highest BCUT2D eigenvalue weighted by Gasteiger charge is 2.53. The zero-order valence-electron chi connectivity index (χ0n) is 7.21. The second kappa shape index (κ2) is 3.01. The van der Waals surface area contributed by atoms with E-state index >= 15 is 0 Å². The van der Waals surface area contributed by atoms with Gasteiger partial charge in [-0.3, -0.25) is 0 Å². The van der Waals surface area contributed by atoms with Crippen LogP contribution >= 0.6 is 0 Å². The SMILES string of the molecule is O=CC1(CC(F)F)CC2CCC1O2. The van der Waals surface area contributed by atoms with Crippen LogP contribution < -0.4 is 0 Å². The van der Waals surface area contributed by atoms with Crippen LogP contribution in [0.5, 0.6) is 0 Å². The molecule has 0 saturated carbocycles. The third-order valence-corrected chi connectivity index (χ3v) is 3.13. The fourth-order valence-corrected chi connectivity index (χ4v) is 2.51. The fourth-order valence-electron chi connectivity index (χ4n) is 2.51. The van der Waals surface area contributed by atoms with Gasteiger partial charge in [0.1, 0.15) is 6.29 Å². The highest BCUT2D eigenvalue weighted by atomic mass is 19.3. The molecular weight excluding hydrogens is 178 g/mol. The number of fused-ring (bicyclic) bond motifs is 2. The van der Waals surface area contributed by atoms with Crippen LogP contribution in [0.4, 0.5) is 8.78 Å². The van der Waals surface area contributed by atoms with Crippen LogP contribution in [-0.2, 0) is 9.53 Å². The average molecular weight is 190 g/mol. The summed E-state index contributed by atoms with van der Waals surface area (Å²) in [5, 5.41) is 0. The number of hydrogen-bond donors (Lipinski definition) is 0. The lowest BCUT2D eigenvalue weighted by Gasteiger charge is -2.28. The maximum Gasteiger partial charge on any atom is 0.239 e. The minimum Gasteiger partial charge on any atom is -0.374 e. The van der Waals surface area contributed by atoms with Crippen molar-refractivity contribution in [3.63, 3.8) is 0 Å². The van der Waals surface area contributed by atoms with Gasteiger partial charge in [0.25, 0.3) is 0 Å². The first-order valence-corrected chi connectivity index (χ1v) is 4.56. The van der Waals surface area contributed by atoms with E-state index < -0.39 is 11.8 Å². The first-order valence-electron chi connectivity index (χ1n) is 4.56. The van der Waals surface area contributed by atoms with Crippen molar-refractivity contribution in [2.75, 3.05) is 0 Å². The number of carbonyl (C=O) groups excluding carboxylic acids is 1. The van der Waals surface area contributed by atoms with Crippen LogP contribution in [0, 0.1) is 5.41 Å². The van der Waals surface area contributed by atoms with Gasteiger partial charge >= 0.3 is 0 Å². The van der Waals surface area contributed by atoms with E-state index in [9.17, 15) is 13.6 Å². The zero-order chi connectivity index (χ0) is 9.47. The smallest absolute Gasteiger partial charge is 0.239 e. The topological polar surface area (TPSA) is 26.3 Å². The van der Waals surface area contributed by atoms with Gasteiger partial charge in [-0.25, -0.2) is 8.78 Å². The fraction of sp³-hybridized carbons (Fsp3) is 0.889. The molecule has 0 aromatic heterocycles. The number of alkyl halides is 2. The summed E-state index contributed by atoms with van der Waals surface area (Å²) >= 11 is 0. The van der Waals surface area contributed by atoms with Crippen LogP contribution in [0.3, 0.4) is 0 Å². The highest BCUT2D eigenvalue weighted by Crippen LogP contribution is 2.49. The molecule has 2 saturated heterocycles. The van der Waals surface area contributed by atoms with E-state index in [4.69, 9.17) is 4.74 Å². The molecule has 2 heterocycles. The Balaban J connectivity index is 2.12. The highest BCUT2D eigenvalue weighted by molar-refractivity contribution is 5.61. The van der Waals surface area contributed by atoms with E-state index in [0.29, 0.717) is 12.7 Å². The molecule has 2 rings (SSSR count). The molecule has 2 aliphatic rings. The van der Waals surface area contributed by atoms with E-state index in [2.05, 4.69) is 0 Å². The molecule has 0 amide bonds. The van der Waals surface area contributed by atoms with Gasteiger partial charge in [0.05, 0.1) is 17.6 Å². The molecule has 3 unspecified atom stereocenters. The van der Waals surface area contributed by atoms with Crippen LogP contribution in [0.15, 0.2) is 0 Å². The molecule has 0 N–H and O–H groups in total. The molecule has 4 heteroatoms. The van der Waals surface area contributed by atoms with Crippen molar-refractivity contribution in [3.8, 4) is 0 Å². The number of aldehydes is 1. The monoisotopic (exact) mass is 190 g/mol. The minimum absolute atomic E-state index is 0.0500. The molecule has 13 heavy (non-hydrogen) atoms. The molecule has 3 atom stereocenters. The summed E-state index contributed by atoms with van der Waals surface area (Å²) in [5.74, 6) is 0. The summed E-state index contributed by atoms with van der Waals surface area (Å²) in [6, 6.07) is 0. The summed E-state index contributed by atoms with van der Waals surface area (Å²) in [5.41, 5.74) is -0.878. The van der Waals surface area contributed by atoms with E-state index in [1.807, 2.05) is 0 Å². The van der Waals surface area contributed by atoms with Crippen molar-refractivity contribution in [2.24, 2.45) is 5.41 Å². The van der Waals surface area contributed by atoms with E-state index in [-0.39, 0.29) is 18.6 Å².